The highest BCUT2D eigenvalue weighted by atomic mass is 32.2. The van der Waals surface area contributed by atoms with E-state index in [0.29, 0.717) is 0 Å². The van der Waals surface area contributed by atoms with Crippen LogP contribution in [0, 0.1) is 5.92 Å². The molecular formula is C12H22OS. The Bertz CT molecular complexity index is 169. The third-order valence-electron chi connectivity index (χ3n) is 3.79. The van der Waals surface area contributed by atoms with Gasteiger partial charge in [0.05, 0.1) is 5.60 Å². The van der Waals surface area contributed by atoms with E-state index >= 15 is 0 Å². The molecule has 0 spiro atoms. The van der Waals surface area contributed by atoms with E-state index in [4.69, 9.17) is 0 Å². The van der Waals surface area contributed by atoms with Crippen LogP contribution in [-0.4, -0.2) is 22.2 Å². The van der Waals surface area contributed by atoms with Crippen LogP contribution in [0.5, 0.6) is 0 Å². The van der Waals surface area contributed by atoms with E-state index in [9.17, 15) is 5.11 Å². The quantitative estimate of drug-likeness (QED) is 0.761. The van der Waals surface area contributed by atoms with Crippen molar-refractivity contribution in [3.63, 3.8) is 0 Å². The number of hydrogen-bond donors (Lipinski definition) is 1. The first-order valence-corrected chi connectivity index (χ1v) is 7.24. The standard InChI is InChI=1S/C12H22OS/c13-12(6-2-1-3-7-12)10-11-4-8-14-9-5-11/h11,13H,1-10H2. The molecule has 2 fully saturated rings. The molecule has 1 N–H and O–H groups in total. The molecule has 0 amide bonds. The first-order chi connectivity index (χ1) is 6.79. The maximum absolute atomic E-state index is 10.4. The number of hydrogen-bond acceptors (Lipinski definition) is 2. The Morgan fingerprint density at radius 1 is 1.07 bits per heavy atom. The lowest BCUT2D eigenvalue weighted by Crippen LogP contribution is -2.34. The summed E-state index contributed by atoms with van der Waals surface area (Å²) in [7, 11) is 0. The highest BCUT2D eigenvalue weighted by molar-refractivity contribution is 7.99. The van der Waals surface area contributed by atoms with Gasteiger partial charge in [0.25, 0.3) is 0 Å². The van der Waals surface area contributed by atoms with E-state index in [1.807, 2.05) is 0 Å². The molecule has 1 aliphatic carbocycles. The van der Waals surface area contributed by atoms with Gasteiger partial charge in [-0.3, -0.25) is 0 Å². The van der Waals surface area contributed by atoms with Crippen molar-refractivity contribution in [1.82, 2.24) is 0 Å². The molecule has 0 aromatic carbocycles. The van der Waals surface area contributed by atoms with E-state index < -0.39 is 0 Å². The van der Waals surface area contributed by atoms with Crippen molar-refractivity contribution >= 4 is 11.8 Å². The molecule has 1 heterocycles. The summed E-state index contributed by atoms with van der Waals surface area (Å²) in [5.74, 6) is 3.46. The van der Waals surface area contributed by atoms with Crippen molar-refractivity contribution in [2.45, 2.75) is 57.0 Å². The molecule has 1 aliphatic heterocycles. The SMILES string of the molecule is OC1(CC2CCSCC2)CCCCC1. The van der Waals surface area contributed by atoms with Crippen molar-refractivity contribution in [3.05, 3.63) is 0 Å². The average Bonchev–Trinajstić information content (AvgIpc) is 2.19. The Hall–Kier alpha value is 0.310. The van der Waals surface area contributed by atoms with Crippen LogP contribution in [-0.2, 0) is 0 Å². The molecule has 82 valence electrons. The topological polar surface area (TPSA) is 20.2 Å². The maximum atomic E-state index is 10.4. The van der Waals surface area contributed by atoms with Gasteiger partial charge < -0.3 is 5.11 Å². The largest absolute Gasteiger partial charge is 0.390 e. The Morgan fingerprint density at radius 2 is 1.71 bits per heavy atom. The highest BCUT2D eigenvalue weighted by Crippen LogP contribution is 2.37. The van der Waals surface area contributed by atoms with Gasteiger partial charge in [-0.25, -0.2) is 0 Å². The van der Waals surface area contributed by atoms with Crippen LogP contribution in [0.25, 0.3) is 0 Å². The predicted molar refractivity (Wildman–Crippen MR) is 62.7 cm³/mol. The zero-order valence-electron chi connectivity index (χ0n) is 9.00. The van der Waals surface area contributed by atoms with Crippen LogP contribution in [0.4, 0.5) is 0 Å². The minimum atomic E-state index is -0.273. The fourth-order valence-electron chi connectivity index (χ4n) is 2.90. The molecular weight excluding hydrogens is 192 g/mol. The molecule has 0 bridgehead atoms. The smallest absolute Gasteiger partial charge is 0.0650 e. The molecule has 0 radical (unpaired) electrons. The van der Waals surface area contributed by atoms with Crippen molar-refractivity contribution in [2.75, 3.05) is 11.5 Å². The third-order valence-corrected chi connectivity index (χ3v) is 4.84. The van der Waals surface area contributed by atoms with Crippen LogP contribution in [0.15, 0.2) is 0 Å². The van der Waals surface area contributed by atoms with Gasteiger partial charge in [-0.15, -0.1) is 0 Å². The van der Waals surface area contributed by atoms with Crippen molar-refractivity contribution < 1.29 is 5.11 Å². The highest BCUT2D eigenvalue weighted by Gasteiger charge is 2.32. The van der Waals surface area contributed by atoms with Crippen LogP contribution < -0.4 is 0 Å². The molecule has 1 saturated heterocycles. The fraction of sp³-hybridized carbons (Fsp3) is 1.00. The van der Waals surface area contributed by atoms with Gasteiger partial charge in [0.1, 0.15) is 0 Å². The van der Waals surface area contributed by atoms with Gasteiger partial charge in [-0.05, 0) is 49.5 Å². The zero-order chi connectivity index (χ0) is 9.86. The van der Waals surface area contributed by atoms with Crippen molar-refractivity contribution in [3.8, 4) is 0 Å². The normalized spacial score (nSPS) is 28.9. The lowest BCUT2D eigenvalue weighted by Gasteiger charge is -2.36. The first-order valence-electron chi connectivity index (χ1n) is 6.09. The van der Waals surface area contributed by atoms with E-state index in [-0.39, 0.29) is 5.60 Å². The Balaban J connectivity index is 1.81. The summed E-state index contributed by atoms with van der Waals surface area (Å²) in [4.78, 5) is 0. The van der Waals surface area contributed by atoms with Gasteiger partial charge in [0, 0.05) is 0 Å². The second-order valence-corrected chi connectivity index (χ2v) is 6.27. The molecule has 2 rings (SSSR count). The van der Waals surface area contributed by atoms with Crippen LogP contribution in [0.1, 0.15) is 51.4 Å². The Labute approximate surface area is 91.7 Å². The molecule has 2 aliphatic rings. The first kappa shape index (κ1) is 10.8. The molecule has 0 unspecified atom stereocenters. The average molecular weight is 214 g/mol. The summed E-state index contributed by atoms with van der Waals surface area (Å²) in [6.45, 7) is 0. The van der Waals surface area contributed by atoms with Gasteiger partial charge in [-0.1, -0.05) is 19.3 Å². The summed E-state index contributed by atoms with van der Waals surface area (Å²) < 4.78 is 0. The van der Waals surface area contributed by atoms with Gasteiger partial charge in [-0.2, -0.15) is 11.8 Å². The summed E-state index contributed by atoms with van der Waals surface area (Å²) in [6.07, 6.45) is 9.74. The summed E-state index contributed by atoms with van der Waals surface area (Å²) in [5, 5.41) is 10.4. The number of rotatable bonds is 2. The maximum Gasteiger partial charge on any atom is 0.0650 e. The monoisotopic (exact) mass is 214 g/mol. The minimum Gasteiger partial charge on any atom is -0.390 e. The summed E-state index contributed by atoms with van der Waals surface area (Å²) in [6, 6.07) is 0. The predicted octanol–water partition coefficient (Wildman–Crippen LogP) is 3.21. The molecule has 0 aromatic rings. The van der Waals surface area contributed by atoms with E-state index in [0.717, 1.165) is 25.2 Å². The van der Waals surface area contributed by atoms with Gasteiger partial charge >= 0.3 is 0 Å². The molecule has 0 atom stereocenters. The fourth-order valence-corrected chi connectivity index (χ4v) is 4.11. The second kappa shape index (κ2) is 4.89. The van der Waals surface area contributed by atoms with E-state index in [2.05, 4.69) is 11.8 Å². The van der Waals surface area contributed by atoms with Crippen LogP contribution in [0.3, 0.4) is 0 Å². The Kier molecular flexibility index (Phi) is 3.78. The van der Waals surface area contributed by atoms with E-state index in [1.54, 1.807) is 0 Å². The number of thioether (sulfide) groups is 1. The van der Waals surface area contributed by atoms with Crippen molar-refractivity contribution in [2.24, 2.45) is 5.92 Å². The minimum absolute atomic E-state index is 0.273. The lowest BCUT2D eigenvalue weighted by molar-refractivity contribution is -0.0185. The third kappa shape index (κ3) is 2.90. The molecule has 0 aromatic heterocycles. The molecule has 1 saturated carbocycles. The molecule has 1 nitrogen and oxygen atoms in total. The lowest BCUT2D eigenvalue weighted by atomic mass is 9.77. The zero-order valence-corrected chi connectivity index (χ0v) is 9.82. The second-order valence-electron chi connectivity index (χ2n) is 5.04. The van der Waals surface area contributed by atoms with Crippen LogP contribution >= 0.6 is 11.8 Å². The Morgan fingerprint density at radius 3 is 2.36 bits per heavy atom. The van der Waals surface area contributed by atoms with E-state index in [1.165, 1.54) is 43.6 Å². The number of aliphatic hydroxyl groups is 1. The van der Waals surface area contributed by atoms with Crippen molar-refractivity contribution in [1.29, 1.82) is 0 Å². The molecule has 14 heavy (non-hydrogen) atoms. The van der Waals surface area contributed by atoms with Crippen LogP contribution in [0.2, 0.25) is 0 Å². The molecule has 2 heteroatoms. The summed E-state index contributed by atoms with van der Waals surface area (Å²) in [5.41, 5.74) is -0.273. The van der Waals surface area contributed by atoms with Gasteiger partial charge in [0.15, 0.2) is 0 Å². The van der Waals surface area contributed by atoms with Gasteiger partial charge in [0.2, 0.25) is 0 Å². The summed E-state index contributed by atoms with van der Waals surface area (Å²) >= 11 is 2.08.